The van der Waals surface area contributed by atoms with Crippen LogP contribution in [0.2, 0.25) is 0 Å². The van der Waals surface area contributed by atoms with E-state index >= 15 is 0 Å². The van der Waals surface area contributed by atoms with Crippen LogP contribution in [0.1, 0.15) is 25.0 Å². The van der Waals surface area contributed by atoms with Crippen molar-refractivity contribution >= 4 is 0 Å². The van der Waals surface area contributed by atoms with Gasteiger partial charge in [0.2, 0.25) is 0 Å². The minimum Gasteiger partial charge on any atom is -0.390 e. The van der Waals surface area contributed by atoms with Gasteiger partial charge in [0.05, 0.1) is 18.8 Å². The smallest absolute Gasteiger partial charge is 0.123 e. The minimum absolute atomic E-state index is 0.115. The van der Waals surface area contributed by atoms with Crippen LogP contribution in [0.25, 0.3) is 0 Å². The highest BCUT2D eigenvalue weighted by Crippen LogP contribution is 2.12. The molecule has 1 unspecified atom stereocenters. The van der Waals surface area contributed by atoms with Crippen LogP contribution >= 0.6 is 0 Å². The Balaban J connectivity index is 2.52. The van der Waals surface area contributed by atoms with E-state index in [4.69, 9.17) is 4.74 Å². The van der Waals surface area contributed by atoms with Gasteiger partial charge in [0.1, 0.15) is 5.82 Å². The third-order valence-electron chi connectivity index (χ3n) is 2.38. The fourth-order valence-electron chi connectivity index (χ4n) is 1.50. The lowest BCUT2D eigenvalue weighted by Crippen LogP contribution is -2.21. The lowest BCUT2D eigenvalue weighted by atomic mass is 10.0. The van der Waals surface area contributed by atoms with Gasteiger partial charge >= 0.3 is 0 Å². The average molecular weight is 226 g/mol. The first-order valence-corrected chi connectivity index (χ1v) is 5.53. The summed E-state index contributed by atoms with van der Waals surface area (Å²) in [6, 6.07) is 4.60. The second-order valence-electron chi connectivity index (χ2n) is 4.31. The Morgan fingerprint density at radius 1 is 1.38 bits per heavy atom. The molecule has 1 N–H and O–H groups in total. The molecule has 1 aromatic carbocycles. The van der Waals surface area contributed by atoms with E-state index in [1.807, 2.05) is 20.8 Å². The molecule has 0 radical (unpaired) electrons. The second-order valence-corrected chi connectivity index (χ2v) is 4.31. The zero-order valence-corrected chi connectivity index (χ0v) is 10.0. The minimum atomic E-state index is -0.536. The van der Waals surface area contributed by atoms with Gasteiger partial charge in [-0.05, 0) is 44.0 Å². The third-order valence-corrected chi connectivity index (χ3v) is 2.38. The fraction of sp³-hybridized carbons (Fsp3) is 0.538. The molecule has 3 heteroatoms. The van der Waals surface area contributed by atoms with Crippen LogP contribution in [-0.2, 0) is 11.2 Å². The SMILES string of the molecule is Cc1cc(F)ccc1CC(O)COC(C)C. The van der Waals surface area contributed by atoms with Crippen LogP contribution in [0.15, 0.2) is 18.2 Å². The fourth-order valence-corrected chi connectivity index (χ4v) is 1.50. The maximum atomic E-state index is 12.9. The average Bonchev–Trinajstić information content (AvgIpc) is 2.19. The predicted molar refractivity (Wildman–Crippen MR) is 61.9 cm³/mol. The summed E-state index contributed by atoms with van der Waals surface area (Å²) in [5.41, 5.74) is 1.82. The molecule has 0 aliphatic rings. The number of halogens is 1. The van der Waals surface area contributed by atoms with Crippen LogP contribution in [-0.4, -0.2) is 23.9 Å². The van der Waals surface area contributed by atoms with E-state index in [0.717, 1.165) is 11.1 Å². The van der Waals surface area contributed by atoms with Crippen molar-refractivity contribution in [1.82, 2.24) is 0 Å². The van der Waals surface area contributed by atoms with Gasteiger partial charge in [-0.3, -0.25) is 0 Å². The molecular weight excluding hydrogens is 207 g/mol. The molecule has 1 atom stereocenters. The normalized spacial score (nSPS) is 13.1. The molecule has 90 valence electrons. The van der Waals surface area contributed by atoms with Gasteiger partial charge in [0.15, 0.2) is 0 Å². The van der Waals surface area contributed by atoms with E-state index in [2.05, 4.69) is 0 Å². The summed E-state index contributed by atoms with van der Waals surface area (Å²) in [7, 11) is 0. The van der Waals surface area contributed by atoms with Gasteiger partial charge in [-0.15, -0.1) is 0 Å². The van der Waals surface area contributed by atoms with E-state index in [1.54, 1.807) is 6.07 Å². The highest BCUT2D eigenvalue weighted by atomic mass is 19.1. The Kier molecular flexibility index (Phi) is 4.90. The maximum Gasteiger partial charge on any atom is 0.123 e. The van der Waals surface area contributed by atoms with Crippen LogP contribution in [0.5, 0.6) is 0 Å². The summed E-state index contributed by atoms with van der Waals surface area (Å²) in [5.74, 6) is -0.242. The monoisotopic (exact) mass is 226 g/mol. The predicted octanol–water partition coefficient (Wildman–Crippen LogP) is 2.46. The molecule has 0 bridgehead atoms. The topological polar surface area (TPSA) is 29.5 Å². The Morgan fingerprint density at radius 2 is 2.06 bits per heavy atom. The van der Waals surface area contributed by atoms with Crippen molar-refractivity contribution in [3.8, 4) is 0 Å². The number of aliphatic hydroxyl groups is 1. The molecule has 0 amide bonds. The van der Waals surface area contributed by atoms with Crippen molar-refractivity contribution < 1.29 is 14.2 Å². The van der Waals surface area contributed by atoms with E-state index in [0.29, 0.717) is 13.0 Å². The van der Waals surface area contributed by atoms with Crippen LogP contribution in [0.3, 0.4) is 0 Å². The number of ether oxygens (including phenoxy) is 1. The Bertz CT molecular complexity index is 337. The van der Waals surface area contributed by atoms with E-state index in [-0.39, 0.29) is 11.9 Å². The number of hydrogen-bond acceptors (Lipinski definition) is 2. The number of aryl methyl sites for hydroxylation is 1. The summed E-state index contributed by atoms with van der Waals surface area (Å²) in [4.78, 5) is 0. The molecule has 1 aromatic rings. The lowest BCUT2D eigenvalue weighted by Gasteiger charge is -2.14. The molecule has 0 aliphatic heterocycles. The van der Waals surface area contributed by atoms with Crippen molar-refractivity contribution in [1.29, 1.82) is 0 Å². The van der Waals surface area contributed by atoms with E-state index < -0.39 is 6.10 Å². The first-order chi connectivity index (χ1) is 7.49. The van der Waals surface area contributed by atoms with Gasteiger partial charge in [-0.2, -0.15) is 0 Å². The lowest BCUT2D eigenvalue weighted by molar-refractivity contribution is 0.00616. The van der Waals surface area contributed by atoms with Crippen molar-refractivity contribution in [2.24, 2.45) is 0 Å². The Hall–Kier alpha value is -0.930. The highest BCUT2D eigenvalue weighted by molar-refractivity contribution is 5.27. The maximum absolute atomic E-state index is 12.9. The van der Waals surface area contributed by atoms with Crippen molar-refractivity contribution in [3.05, 3.63) is 35.1 Å². The van der Waals surface area contributed by atoms with Gasteiger partial charge in [-0.25, -0.2) is 4.39 Å². The molecule has 1 rings (SSSR count). The summed E-state index contributed by atoms with van der Waals surface area (Å²) < 4.78 is 18.2. The summed E-state index contributed by atoms with van der Waals surface area (Å²) in [6.45, 7) is 6.01. The number of hydrogen-bond donors (Lipinski definition) is 1. The molecule has 0 saturated carbocycles. The molecule has 0 fully saturated rings. The quantitative estimate of drug-likeness (QED) is 0.835. The molecular formula is C13H19FO2. The van der Waals surface area contributed by atoms with Crippen molar-refractivity contribution in [2.45, 2.75) is 39.4 Å². The zero-order valence-electron chi connectivity index (χ0n) is 10.0. The van der Waals surface area contributed by atoms with E-state index in [9.17, 15) is 9.50 Å². The second kappa shape index (κ2) is 5.97. The standard InChI is InChI=1S/C13H19FO2/c1-9(2)16-8-13(15)7-11-4-5-12(14)6-10(11)3/h4-6,9,13,15H,7-8H2,1-3H3. The molecule has 0 spiro atoms. The Labute approximate surface area is 96.1 Å². The molecule has 0 aliphatic carbocycles. The van der Waals surface area contributed by atoms with Gasteiger partial charge < -0.3 is 9.84 Å². The Morgan fingerprint density at radius 3 is 2.62 bits per heavy atom. The van der Waals surface area contributed by atoms with Gasteiger partial charge in [-0.1, -0.05) is 6.07 Å². The molecule has 16 heavy (non-hydrogen) atoms. The van der Waals surface area contributed by atoms with Gasteiger partial charge in [0, 0.05) is 6.42 Å². The molecule has 0 aromatic heterocycles. The first kappa shape index (κ1) is 13.1. The molecule has 2 nitrogen and oxygen atoms in total. The van der Waals surface area contributed by atoms with Crippen molar-refractivity contribution in [3.63, 3.8) is 0 Å². The zero-order chi connectivity index (χ0) is 12.1. The molecule has 0 heterocycles. The van der Waals surface area contributed by atoms with Crippen LogP contribution in [0, 0.1) is 12.7 Å². The van der Waals surface area contributed by atoms with Gasteiger partial charge in [0.25, 0.3) is 0 Å². The van der Waals surface area contributed by atoms with Crippen molar-refractivity contribution in [2.75, 3.05) is 6.61 Å². The van der Waals surface area contributed by atoms with Crippen LogP contribution in [0.4, 0.5) is 4.39 Å². The van der Waals surface area contributed by atoms with E-state index in [1.165, 1.54) is 12.1 Å². The largest absolute Gasteiger partial charge is 0.390 e. The summed E-state index contributed by atoms with van der Waals surface area (Å²) in [5, 5.41) is 9.73. The third kappa shape index (κ3) is 4.29. The van der Waals surface area contributed by atoms with Crippen LogP contribution < -0.4 is 0 Å². The summed E-state index contributed by atoms with van der Waals surface area (Å²) in [6.07, 6.45) is 0.0780. The number of rotatable bonds is 5. The summed E-state index contributed by atoms with van der Waals surface area (Å²) >= 11 is 0. The molecule has 0 saturated heterocycles. The number of benzene rings is 1. The highest BCUT2D eigenvalue weighted by Gasteiger charge is 2.09. The first-order valence-electron chi connectivity index (χ1n) is 5.53. The number of aliphatic hydroxyl groups excluding tert-OH is 1.